The summed E-state index contributed by atoms with van der Waals surface area (Å²) in [6, 6.07) is 2.14. The van der Waals surface area contributed by atoms with Crippen LogP contribution in [0.3, 0.4) is 0 Å². The highest BCUT2D eigenvalue weighted by atomic mass is 32.1. The number of aryl methyl sites for hydroxylation is 2. The van der Waals surface area contributed by atoms with Gasteiger partial charge in [-0.25, -0.2) is 4.98 Å². The molecular weight excluding hydrogens is 282 g/mol. The minimum absolute atomic E-state index is 0.0896. The van der Waals surface area contributed by atoms with Crippen LogP contribution in [0.4, 0.5) is 5.82 Å². The highest BCUT2D eigenvalue weighted by Gasteiger charge is 2.29. The van der Waals surface area contributed by atoms with Crippen molar-refractivity contribution in [1.29, 1.82) is 0 Å². The van der Waals surface area contributed by atoms with Gasteiger partial charge in [-0.15, -0.1) is 0 Å². The summed E-state index contributed by atoms with van der Waals surface area (Å²) in [7, 11) is 0. The van der Waals surface area contributed by atoms with Crippen molar-refractivity contribution in [3.05, 3.63) is 22.9 Å². The third-order valence-corrected chi connectivity index (χ3v) is 4.64. The molecule has 0 spiro atoms. The highest BCUT2D eigenvalue weighted by Crippen LogP contribution is 2.29. The van der Waals surface area contributed by atoms with Gasteiger partial charge in [-0.2, -0.15) is 0 Å². The van der Waals surface area contributed by atoms with Crippen molar-refractivity contribution in [3.63, 3.8) is 0 Å². The number of nitrogens with one attached hydrogen (secondary N) is 1. The van der Waals surface area contributed by atoms with E-state index >= 15 is 0 Å². The molecule has 0 amide bonds. The number of hydrogen-bond acceptors (Lipinski definition) is 4. The van der Waals surface area contributed by atoms with Crippen LogP contribution in [0.15, 0.2) is 6.07 Å². The van der Waals surface area contributed by atoms with Gasteiger partial charge in [-0.3, -0.25) is 0 Å². The maximum Gasteiger partial charge on any atom is 0.137 e. The molecule has 3 N–H and O–H groups in total. The number of hydrogen-bond donors (Lipinski definition) is 2. The van der Waals surface area contributed by atoms with Crippen LogP contribution in [0.5, 0.6) is 0 Å². The van der Waals surface area contributed by atoms with Crippen LogP contribution in [0.2, 0.25) is 0 Å². The number of pyridine rings is 1. The second-order valence-electron chi connectivity index (χ2n) is 6.40. The quantitative estimate of drug-likeness (QED) is 0.841. The van der Waals surface area contributed by atoms with Gasteiger partial charge in [0.2, 0.25) is 0 Å². The summed E-state index contributed by atoms with van der Waals surface area (Å²) in [5.74, 6) is 0.830. The van der Waals surface area contributed by atoms with Crippen LogP contribution in [-0.2, 0) is 17.6 Å². The molecule has 3 rings (SSSR count). The summed E-state index contributed by atoms with van der Waals surface area (Å²) in [4.78, 5) is 5.26. The lowest BCUT2D eigenvalue weighted by Crippen LogP contribution is -2.44. The molecule has 1 fully saturated rings. The maximum absolute atomic E-state index is 5.92. The molecule has 4 nitrogen and oxygen atoms in total. The molecule has 21 heavy (non-hydrogen) atoms. The molecule has 1 unspecified atom stereocenters. The Morgan fingerprint density at radius 2 is 2.19 bits per heavy atom. The van der Waals surface area contributed by atoms with Crippen LogP contribution in [0, 0.1) is 0 Å². The first-order valence-electron chi connectivity index (χ1n) is 7.76. The Labute approximate surface area is 131 Å². The van der Waals surface area contributed by atoms with E-state index in [1.54, 1.807) is 0 Å². The number of fused-ring (bicyclic) bond motifs is 1. The molecule has 0 bridgehead atoms. The average molecular weight is 305 g/mol. The minimum atomic E-state index is -0.0896. The fourth-order valence-electron chi connectivity index (χ4n) is 3.24. The van der Waals surface area contributed by atoms with Crippen LogP contribution in [0.25, 0.3) is 0 Å². The van der Waals surface area contributed by atoms with Gasteiger partial charge in [-0.1, -0.05) is 12.2 Å². The van der Waals surface area contributed by atoms with Gasteiger partial charge in [0.15, 0.2) is 0 Å². The van der Waals surface area contributed by atoms with Crippen molar-refractivity contribution in [2.24, 2.45) is 5.73 Å². The number of nitrogens with zero attached hydrogens (tertiary/aromatic N) is 1. The Morgan fingerprint density at radius 1 is 1.38 bits per heavy atom. The molecule has 1 aromatic rings. The van der Waals surface area contributed by atoms with E-state index in [1.165, 1.54) is 24.1 Å². The number of ether oxygens (including phenoxy) is 1. The second-order valence-corrected chi connectivity index (χ2v) is 6.84. The Balaban J connectivity index is 1.94. The lowest BCUT2D eigenvalue weighted by molar-refractivity contribution is 0.0539. The van der Waals surface area contributed by atoms with E-state index in [4.69, 9.17) is 27.7 Å². The zero-order chi connectivity index (χ0) is 14.9. The van der Waals surface area contributed by atoms with Crippen molar-refractivity contribution < 1.29 is 4.74 Å². The molecule has 114 valence electrons. The molecule has 1 saturated heterocycles. The maximum atomic E-state index is 5.92. The largest absolute Gasteiger partial charge is 0.389 e. The zero-order valence-electron chi connectivity index (χ0n) is 12.6. The summed E-state index contributed by atoms with van der Waals surface area (Å²) < 4.78 is 5.62. The summed E-state index contributed by atoms with van der Waals surface area (Å²) >= 11 is 5.23. The predicted octanol–water partition coefficient (Wildman–Crippen LogP) is 2.58. The van der Waals surface area contributed by atoms with Crippen LogP contribution in [-0.4, -0.2) is 28.7 Å². The van der Waals surface area contributed by atoms with Crippen molar-refractivity contribution in [2.75, 3.05) is 18.5 Å². The molecule has 1 aromatic heterocycles. The number of nitrogens with two attached hydrogens (primary N) is 1. The minimum Gasteiger partial charge on any atom is -0.389 e. The van der Waals surface area contributed by atoms with Gasteiger partial charge in [0.05, 0.1) is 17.7 Å². The topological polar surface area (TPSA) is 60.2 Å². The molecule has 2 aliphatic rings. The fraction of sp³-hybridized carbons (Fsp3) is 0.625. The first-order chi connectivity index (χ1) is 10.1. The predicted molar refractivity (Wildman–Crippen MR) is 88.8 cm³/mol. The van der Waals surface area contributed by atoms with Gasteiger partial charge in [-0.05, 0) is 57.1 Å². The Bertz CT molecular complexity index is 553. The summed E-state index contributed by atoms with van der Waals surface area (Å²) in [5, 5.41) is 3.55. The molecule has 5 heteroatoms. The molecule has 1 aliphatic carbocycles. The first kappa shape index (κ1) is 14.7. The first-order valence-corrected chi connectivity index (χ1v) is 8.17. The van der Waals surface area contributed by atoms with Gasteiger partial charge < -0.3 is 15.8 Å². The highest BCUT2D eigenvalue weighted by molar-refractivity contribution is 7.80. The normalized spacial score (nSPS) is 25.2. The smallest absolute Gasteiger partial charge is 0.137 e. The Kier molecular flexibility index (Phi) is 4.13. The SMILES string of the molecule is CC1(Nc2nc3c(cc2C(N)=S)CCCC3)CCCOC1. The third kappa shape index (κ3) is 3.19. The van der Waals surface area contributed by atoms with E-state index in [1.807, 2.05) is 0 Å². The number of anilines is 1. The third-order valence-electron chi connectivity index (χ3n) is 4.42. The molecule has 0 saturated carbocycles. The number of aromatic nitrogens is 1. The molecular formula is C16H23N3OS. The van der Waals surface area contributed by atoms with Crippen molar-refractivity contribution >= 4 is 23.0 Å². The van der Waals surface area contributed by atoms with Gasteiger partial charge in [0.25, 0.3) is 0 Å². The van der Waals surface area contributed by atoms with E-state index in [0.717, 1.165) is 43.7 Å². The fourth-order valence-corrected chi connectivity index (χ4v) is 3.39. The van der Waals surface area contributed by atoms with E-state index < -0.39 is 0 Å². The lowest BCUT2D eigenvalue weighted by Gasteiger charge is -2.35. The molecule has 1 aliphatic heterocycles. The van der Waals surface area contributed by atoms with Crippen molar-refractivity contribution in [3.8, 4) is 0 Å². The molecule has 0 radical (unpaired) electrons. The summed E-state index contributed by atoms with van der Waals surface area (Å²) in [6.45, 7) is 3.72. The van der Waals surface area contributed by atoms with E-state index in [9.17, 15) is 0 Å². The Hall–Kier alpha value is -1.20. The molecule has 2 heterocycles. The monoisotopic (exact) mass is 305 g/mol. The summed E-state index contributed by atoms with van der Waals surface area (Å²) in [5.41, 5.74) is 9.20. The lowest BCUT2D eigenvalue weighted by atomic mass is 9.92. The summed E-state index contributed by atoms with van der Waals surface area (Å²) in [6.07, 6.45) is 6.71. The second kappa shape index (κ2) is 5.89. The van der Waals surface area contributed by atoms with Gasteiger partial charge in [0.1, 0.15) is 10.8 Å². The zero-order valence-corrected chi connectivity index (χ0v) is 13.4. The van der Waals surface area contributed by atoms with Crippen molar-refractivity contribution in [2.45, 2.75) is 51.0 Å². The van der Waals surface area contributed by atoms with Gasteiger partial charge >= 0.3 is 0 Å². The Morgan fingerprint density at radius 3 is 2.90 bits per heavy atom. The van der Waals surface area contributed by atoms with E-state index in [2.05, 4.69) is 18.3 Å². The number of rotatable bonds is 3. The molecule has 1 atom stereocenters. The standard InChI is InChI=1S/C16H23N3OS/c1-16(7-4-8-20-10-16)19-15-12(14(17)21)9-11-5-2-3-6-13(11)18-15/h9H,2-8,10H2,1H3,(H2,17,21)(H,18,19). The van der Waals surface area contributed by atoms with Crippen molar-refractivity contribution in [1.82, 2.24) is 4.98 Å². The van der Waals surface area contributed by atoms with E-state index in [0.29, 0.717) is 11.6 Å². The van der Waals surface area contributed by atoms with E-state index in [-0.39, 0.29) is 5.54 Å². The number of thiocarbonyl (C=S) groups is 1. The van der Waals surface area contributed by atoms with Crippen LogP contribution in [0.1, 0.15) is 49.4 Å². The van der Waals surface area contributed by atoms with Crippen LogP contribution < -0.4 is 11.1 Å². The van der Waals surface area contributed by atoms with Crippen LogP contribution >= 0.6 is 12.2 Å². The average Bonchev–Trinajstić information content (AvgIpc) is 2.46. The van der Waals surface area contributed by atoms with Gasteiger partial charge in [0, 0.05) is 12.3 Å². The molecule has 0 aromatic carbocycles.